The summed E-state index contributed by atoms with van der Waals surface area (Å²) < 4.78 is 39.4. The van der Waals surface area contributed by atoms with Gasteiger partial charge in [-0.3, -0.25) is 13.9 Å². The van der Waals surface area contributed by atoms with Gasteiger partial charge in [-0.15, -0.1) is 0 Å². The molecule has 9 nitrogen and oxygen atoms in total. The monoisotopic (exact) mass is 593 g/mol. The van der Waals surface area contributed by atoms with E-state index in [1.165, 1.54) is 68.6 Å². The molecular formula is C27H29Cl2N3O6S. The Morgan fingerprint density at radius 1 is 0.949 bits per heavy atom. The molecule has 0 aliphatic rings. The van der Waals surface area contributed by atoms with Gasteiger partial charge in [0.2, 0.25) is 11.8 Å². The van der Waals surface area contributed by atoms with E-state index in [0.717, 1.165) is 4.31 Å². The Morgan fingerprint density at radius 3 is 2.18 bits per heavy atom. The van der Waals surface area contributed by atoms with Gasteiger partial charge in [0, 0.05) is 29.7 Å². The lowest BCUT2D eigenvalue weighted by Crippen LogP contribution is -2.50. The minimum atomic E-state index is -4.31. The second kappa shape index (κ2) is 13.1. The van der Waals surface area contributed by atoms with E-state index in [1.807, 2.05) is 0 Å². The van der Waals surface area contributed by atoms with Crippen LogP contribution < -0.4 is 19.1 Å². The molecule has 2 amide bonds. The number of amides is 2. The molecule has 0 saturated carbocycles. The van der Waals surface area contributed by atoms with Gasteiger partial charge in [-0.2, -0.15) is 0 Å². The number of nitrogens with zero attached hydrogens (tertiary/aromatic N) is 2. The van der Waals surface area contributed by atoms with E-state index in [-0.39, 0.29) is 22.9 Å². The molecule has 1 atom stereocenters. The Kier molecular flexibility index (Phi) is 10.1. The molecule has 0 spiro atoms. The topological polar surface area (TPSA) is 105 Å². The van der Waals surface area contributed by atoms with Gasteiger partial charge in [-0.1, -0.05) is 41.4 Å². The van der Waals surface area contributed by atoms with Crippen LogP contribution in [-0.4, -0.2) is 59.0 Å². The summed E-state index contributed by atoms with van der Waals surface area (Å²) in [5.74, 6) is -0.494. The third-order valence-electron chi connectivity index (χ3n) is 6.05. The molecule has 0 radical (unpaired) electrons. The largest absolute Gasteiger partial charge is 0.493 e. The lowest BCUT2D eigenvalue weighted by atomic mass is 10.1. The number of rotatable bonds is 11. The van der Waals surface area contributed by atoms with Crippen LogP contribution in [0.3, 0.4) is 0 Å². The molecule has 3 rings (SSSR count). The first-order chi connectivity index (χ1) is 18.5. The summed E-state index contributed by atoms with van der Waals surface area (Å²) in [5.41, 5.74) is 0.803. The molecule has 39 heavy (non-hydrogen) atoms. The molecule has 0 heterocycles. The van der Waals surface area contributed by atoms with E-state index in [2.05, 4.69) is 5.32 Å². The molecule has 0 unspecified atom stereocenters. The van der Waals surface area contributed by atoms with Gasteiger partial charge in [0.05, 0.1) is 24.8 Å². The van der Waals surface area contributed by atoms with Crippen molar-refractivity contribution in [2.75, 3.05) is 32.1 Å². The number of carbonyl (C=O) groups excluding carboxylic acids is 2. The van der Waals surface area contributed by atoms with Crippen molar-refractivity contribution in [3.63, 3.8) is 0 Å². The normalized spacial score (nSPS) is 11.8. The highest BCUT2D eigenvalue weighted by Gasteiger charge is 2.33. The average Bonchev–Trinajstić information content (AvgIpc) is 2.94. The lowest BCUT2D eigenvalue weighted by Gasteiger charge is -2.32. The van der Waals surface area contributed by atoms with E-state index in [0.29, 0.717) is 21.4 Å². The van der Waals surface area contributed by atoms with E-state index in [4.69, 9.17) is 32.7 Å². The fourth-order valence-electron chi connectivity index (χ4n) is 3.84. The van der Waals surface area contributed by atoms with Gasteiger partial charge in [0.25, 0.3) is 10.0 Å². The third kappa shape index (κ3) is 6.95. The molecule has 12 heteroatoms. The number of nitrogens with one attached hydrogen (secondary N) is 1. The van der Waals surface area contributed by atoms with Crippen molar-refractivity contribution in [1.29, 1.82) is 0 Å². The first kappa shape index (κ1) is 30.1. The predicted octanol–water partition coefficient (Wildman–Crippen LogP) is 4.37. The Balaban J connectivity index is 2.08. The minimum absolute atomic E-state index is 0.0159. The highest BCUT2D eigenvalue weighted by Crippen LogP contribution is 2.33. The zero-order valence-electron chi connectivity index (χ0n) is 21.9. The first-order valence-corrected chi connectivity index (χ1v) is 14.0. The number of methoxy groups -OCH3 is 2. The number of halogens is 2. The molecule has 0 aliphatic heterocycles. The predicted molar refractivity (Wildman–Crippen MR) is 151 cm³/mol. The van der Waals surface area contributed by atoms with Crippen LogP contribution in [0.1, 0.15) is 12.5 Å². The maximum absolute atomic E-state index is 13.9. The number of carbonyl (C=O) groups is 2. The Morgan fingerprint density at radius 2 is 1.59 bits per heavy atom. The van der Waals surface area contributed by atoms with Crippen molar-refractivity contribution in [3.8, 4) is 11.5 Å². The molecule has 0 fully saturated rings. The SMILES string of the molecule is CNC(=O)[C@H](C)N(Cc1ccccc1Cl)C(=O)CN(c1ccc(Cl)cc1)S(=O)(=O)c1ccc(OC)c(OC)c1. The standard InChI is InChI=1S/C27H29Cl2N3O6S/c1-18(27(34)30-2)31(16-19-7-5-6-8-23(19)29)26(33)17-32(21-11-9-20(28)10-12-21)39(35,36)22-13-14-24(37-3)25(15-22)38-4/h5-15,18H,16-17H2,1-4H3,(H,30,34)/t18-/m0/s1. The number of hydrogen-bond acceptors (Lipinski definition) is 6. The second-order valence-electron chi connectivity index (χ2n) is 8.41. The number of hydrogen-bond donors (Lipinski definition) is 1. The second-order valence-corrected chi connectivity index (χ2v) is 11.1. The van der Waals surface area contributed by atoms with Crippen molar-refractivity contribution in [3.05, 3.63) is 82.3 Å². The molecule has 0 aromatic heterocycles. The fraction of sp³-hybridized carbons (Fsp3) is 0.259. The molecule has 3 aromatic rings. The van der Waals surface area contributed by atoms with Crippen molar-refractivity contribution < 1.29 is 27.5 Å². The number of likely N-dealkylation sites (N-methyl/N-ethyl adjacent to an activating group) is 1. The molecule has 0 saturated heterocycles. The highest BCUT2D eigenvalue weighted by atomic mass is 35.5. The van der Waals surface area contributed by atoms with Gasteiger partial charge >= 0.3 is 0 Å². The maximum Gasteiger partial charge on any atom is 0.264 e. The fourth-order valence-corrected chi connectivity index (χ4v) is 5.59. The molecule has 0 aliphatic carbocycles. The summed E-state index contributed by atoms with van der Waals surface area (Å²) >= 11 is 12.4. The van der Waals surface area contributed by atoms with Gasteiger partial charge < -0.3 is 19.7 Å². The number of anilines is 1. The van der Waals surface area contributed by atoms with Crippen molar-refractivity contribution in [2.24, 2.45) is 0 Å². The minimum Gasteiger partial charge on any atom is -0.493 e. The molecule has 208 valence electrons. The van der Waals surface area contributed by atoms with E-state index < -0.39 is 34.4 Å². The number of sulfonamides is 1. The Labute approximate surface area is 238 Å². The van der Waals surface area contributed by atoms with Crippen molar-refractivity contribution in [1.82, 2.24) is 10.2 Å². The van der Waals surface area contributed by atoms with Crippen LogP contribution in [0.5, 0.6) is 11.5 Å². The smallest absolute Gasteiger partial charge is 0.264 e. The van der Waals surface area contributed by atoms with E-state index in [1.54, 1.807) is 31.2 Å². The van der Waals surface area contributed by atoms with Crippen molar-refractivity contribution in [2.45, 2.75) is 24.4 Å². The van der Waals surface area contributed by atoms with Crippen LogP contribution in [0.2, 0.25) is 10.0 Å². The van der Waals surface area contributed by atoms with Crippen LogP contribution in [-0.2, 0) is 26.2 Å². The average molecular weight is 595 g/mol. The van der Waals surface area contributed by atoms with E-state index >= 15 is 0 Å². The Hall–Kier alpha value is -3.47. The highest BCUT2D eigenvalue weighted by molar-refractivity contribution is 7.92. The number of ether oxygens (including phenoxy) is 2. The quantitative estimate of drug-likeness (QED) is 0.354. The van der Waals surface area contributed by atoms with Crippen LogP contribution in [0.25, 0.3) is 0 Å². The van der Waals surface area contributed by atoms with Gasteiger partial charge in [0.1, 0.15) is 12.6 Å². The van der Waals surface area contributed by atoms with Gasteiger partial charge in [-0.25, -0.2) is 8.42 Å². The van der Waals surface area contributed by atoms with Gasteiger partial charge in [0.15, 0.2) is 11.5 Å². The summed E-state index contributed by atoms with van der Waals surface area (Å²) in [6, 6.07) is 16.2. The molecular weight excluding hydrogens is 565 g/mol. The third-order valence-corrected chi connectivity index (χ3v) is 8.44. The van der Waals surface area contributed by atoms with Gasteiger partial charge in [-0.05, 0) is 55.0 Å². The number of benzene rings is 3. The summed E-state index contributed by atoms with van der Waals surface area (Å²) in [4.78, 5) is 27.5. The zero-order valence-corrected chi connectivity index (χ0v) is 24.2. The van der Waals surface area contributed by atoms with E-state index in [9.17, 15) is 18.0 Å². The molecule has 3 aromatic carbocycles. The zero-order chi connectivity index (χ0) is 28.7. The van der Waals surface area contributed by atoms with Crippen LogP contribution in [0.15, 0.2) is 71.6 Å². The van der Waals surface area contributed by atoms with Crippen molar-refractivity contribution >= 4 is 50.7 Å². The first-order valence-electron chi connectivity index (χ1n) is 11.8. The van der Waals surface area contributed by atoms with Crippen LogP contribution >= 0.6 is 23.2 Å². The lowest BCUT2D eigenvalue weighted by molar-refractivity contribution is -0.139. The summed E-state index contributed by atoms with van der Waals surface area (Å²) in [6.07, 6.45) is 0. The molecule has 0 bridgehead atoms. The summed E-state index contributed by atoms with van der Waals surface area (Å²) in [7, 11) is -0.0214. The Bertz CT molecular complexity index is 1430. The maximum atomic E-state index is 13.9. The van der Waals surface area contributed by atoms with Crippen LogP contribution in [0, 0.1) is 0 Å². The summed E-state index contributed by atoms with van der Waals surface area (Å²) in [5, 5.41) is 3.33. The summed E-state index contributed by atoms with van der Waals surface area (Å²) in [6.45, 7) is 0.936. The molecule has 1 N–H and O–H groups in total. The van der Waals surface area contributed by atoms with Crippen LogP contribution in [0.4, 0.5) is 5.69 Å².